The normalized spacial score (nSPS) is 8.00. The van der Waals surface area contributed by atoms with E-state index in [9.17, 15) is 4.79 Å². The Labute approximate surface area is 78.9 Å². The molecule has 0 aromatic carbocycles. The number of hydrogen-bond donors (Lipinski definition) is 1. The Morgan fingerprint density at radius 2 is 2.00 bits per heavy atom. The number of nitrogens with zero attached hydrogens (tertiary/aromatic N) is 1. The number of carbonyl (C=O) groups is 1. The third kappa shape index (κ3) is 9.97. The largest absolute Gasteiger partial charge is 0.468 e. The number of likely N-dealkylation sites (N-methyl/N-ethyl adjacent to an activating group) is 1. The Bertz CT molecular complexity index is 102. The van der Waals surface area contributed by atoms with Gasteiger partial charge in [0.05, 0.1) is 7.11 Å². The molecule has 0 bridgehead atoms. The summed E-state index contributed by atoms with van der Waals surface area (Å²) in [6.45, 7) is 2.67. The summed E-state index contributed by atoms with van der Waals surface area (Å²) in [4.78, 5) is 10.4. The third-order valence-corrected chi connectivity index (χ3v) is 0.966. The van der Waals surface area contributed by atoms with Crippen LogP contribution in [0, 0.1) is 0 Å². The summed E-state index contributed by atoms with van der Waals surface area (Å²) in [7, 11) is 1.34. The summed E-state index contributed by atoms with van der Waals surface area (Å²) in [6, 6.07) is 0. The number of hydrogen-bond acceptors (Lipinski definition) is 4. The average molecular weight is 205 g/mol. The van der Waals surface area contributed by atoms with E-state index < -0.39 is 0 Å². The molecule has 0 aromatic heterocycles. The minimum Gasteiger partial charge on any atom is -0.468 e. The van der Waals surface area contributed by atoms with E-state index >= 15 is 0 Å². The van der Waals surface area contributed by atoms with Crippen LogP contribution in [0.2, 0.25) is 0 Å². The molecule has 2 N–H and O–H groups in total. The van der Waals surface area contributed by atoms with E-state index in [0.29, 0.717) is 6.54 Å². The molecule has 6 heteroatoms. The molecule has 0 saturated heterocycles. The first-order valence-electron chi connectivity index (χ1n) is 2.77. The van der Waals surface area contributed by atoms with Crippen molar-refractivity contribution in [2.45, 2.75) is 6.92 Å². The van der Waals surface area contributed by atoms with E-state index in [1.165, 1.54) is 12.1 Å². The predicted molar refractivity (Wildman–Crippen MR) is 47.9 cm³/mol. The molecule has 0 atom stereocenters. The monoisotopic (exact) mass is 204 g/mol. The Morgan fingerprint density at radius 1 is 1.55 bits per heavy atom. The van der Waals surface area contributed by atoms with Gasteiger partial charge in [-0.1, -0.05) is 6.92 Å². The van der Waals surface area contributed by atoms with E-state index in [4.69, 9.17) is 5.84 Å². The van der Waals surface area contributed by atoms with Gasteiger partial charge in [0, 0.05) is 6.54 Å². The van der Waals surface area contributed by atoms with Crippen molar-refractivity contribution in [1.29, 1.82) is 0 Å². The summed E-state index contributed by atoms with van der Waals surface area (Å²) in [6.07, 6.45) is 0. The van der Waals surface area contributed by atoms with Crippen LogP contribution >= 0.6 is 24.8 Å². The molecular formula is C5H14Cl2N2O2. The smallest absolute Gasteiger partial charge is 0.321 e. The van der Waals surface area contributed by atoms with Crippen LogP contribution in [0.5, 0.6) is 0 Å². The lowest BCUT2D eigenvalue weighted by molar-refractivity contribution is -0.141. The van der Waals surface area contributed by atoms with Crippen LogP contribution in [-0.4, -0.2) is 31.2 Å². The third-order valence-electron chi connectivity index (χ3n) is 0.966. The lowest BCUT2D eigenvalue weighted by atomic mass is 10.6. The zero-order valence-corrected chi connectivity index (χ0v) is 8.20. The number of carbonyl (C=O) groups excluding carboxylic acids is 1. The van der Waals surface area contributed by atoms with E-state index in [0.717, 1.165) is 0 Å². The zero-order valence-electron chi connectivity index (χ0n) is 6.57. The molecule has 70 valence electrons. The topological polar surface area (TPSA) is 55.6 Å². The average Bonchev–Trinajstić information content (AvgIpc) is 1.87. The van der Waals surface area contributed by atoms with Crippen molar-refractivity contribution >= 4 is 30.8 Å². The zero-order chi connectivity index (χ0) is 7.28. The van der Waals surface area contributed by atoms with Crippen molar-refractivity contribution in [2.24, 2.45) is 5.84 Å². The lowest BCUT2D eigenvalue weighted by Gasteiger charge is -2.10. The van der Waals surface area contributed by atoms with Crippen molar-refractivity contribution in [3.05, 3.63) is 0 Å². The molecule has 0 fully saturated rings. The summed E-state index contributed by atoms with van der Waals surface area (Å²) in [5.41, 5.74) is 0. The second-order valence-corrected chi connectivity index (χ2v) is 1.64. The van der Waals surface area contributed by atoms with E-state index in [-0.39, 0.29) is 37.3 Å². The van der Waals surface area contributed by atoms with Gasteiger partial charge >= 0.3 is 5.97 Å². The Morgan fingerprint density at radius 3 is 2.27 bits per heavy atom. The van der Waals surface area contributed by atoms with Gasteiger partial charge in [-0.15, -0.1) is 24.8 Å². The van der Waals surface area contributed by atoms with Crippen LogP contribution in [0.25, 0.3) is 0 Å². The molecule has 0 heterocycles. The number of ether oxygens (including phenoxy) is 1. The van der Waals surface area contributed by atoms with Gasteiger partial charge in [0.1, 0.15) is 6.54 Å². The number of nitrogens with two attached hydrogens (primary N) is 1. The Balaban J connectivity index is -0.000000320. The van der Waals surface area contributed by atoms with Gasteiger partial charge in [0.25, 0.3) is 0 Å². The number of hydrazine groups is 1. The van der Waals surface area contributed by atoms with Crippen molar-refractivity contribution in [3.8, 4) is 0 Å². The number of halogens is 2. The molecule has 0 radical (unpaired) electrons. The predicted octanol–water partition coefficient (Wildman–Crippen LogP) is 0.199. The molecule has 0 aliphatic carbocycles. The molecule has 4 nitrogen and oxygen atoms in total. The van der Waals surface area contributed by atoms with Crippen molar-refractivity contribution in [2.75, 3.05) is 20.2 Å². The first-order valence-corrected chi connectivity index (χ1v) is 2.77. The highest BCUT2D eigenvalue weighted by molar-refractivity contribution is 5.85. The SMILES string of the molecule is CCN(N)CC(=O)OC.Cl.Cl. The highest BCUT2D eigenvalue weighted by Crippen LogP contribution is 1.77. The second-order valence-electron chi connectivity index (χ2n) is 1.64. The molecule has 11 heavy (non-hydrogen) atoms. The van der Waals surface area contributed by atoms with Gasteiger partial charge in [-0.2, -0.15) is 0 Å². The molecule has 0 spiro atoms. The van der Waals surface area contributed by atoms with Crippen LogP contribution in [-0.2, 0) is 9.53 Å². The molecule has 0 amide bonds. The van der Waals surface area contributed by atoms with Gasteiger partial charge in [-0.3, -0.25) is 10.6 Å². The molecular weight excluding hydrogens is 191 g/mol. The van der Waals surface area contributed by atoms with Gasteiger partial charge in [0.15, 0.2) is 0 Å². The van der Waals surface area contributed by atoms with Crippen LogP contribution in [0.3, 0.4) is 0 Å². The maximum atomic E-state index is 10.4. The highest BCUT2D eigenvalue weighted by Gasteiger charge is 2.02. The molecule has 0 rings (SSSR count). The van der Waals surface area contributed by atoms with E-state index in [1.807, 2.05) is 6.92 Å². The number of rotatable bonds is 3. The summed E-state index contributed by atoms with van der Waals surface area (Å²) < 4.78 is 4.36. The first kappa shape index (κ1) is 17.2. The number of methoxy groups -OCH3 is 1. The van der Waals surface area contributed by atoms with E-state index in [2.05, 4.69) is 4.74 Å². The van der Waals surface area contributed by atoms with Gasteiger partial charge in [-0.25, -0.2) is 5.01 Å². The minimum absolute atomic E-state index is 0. The van der Waals surface area contributed by atoms with Crippen molar-refractivity contribution < 1.29 is 9.53 Å². The fourth-order valence-corrected chi connectivity index (χ4v) is 0.342. The van der Waals surface area contributed by atoms with Crippen LogP contribution in [0.15, 0.2) is 0 Å². The fourth-order valence-electron chi connectivity index (χ4n) is 0.342. The summed E-state index contributed by atoms with van der Waals surface area (Å²) >= 11 is 0. The highest BCUT2D eigenvalue weighted by atomic mass is 35.5. The standard InChI is InChI=1S/C5H12N2O2.2ClH/c1-3-7(6)4-5(8)9-2;;/h3-4,6H2,1-2H3;2*1H. The molecule has 0 saturated carbocycles. The lowest BCUT2D eigenvalue weighted by Crippen LogP contribution is -2.36. The maximum Gasteiger partial charge on any atom is 0.321 e. The van der Waals surface area contributed by atoms with Gasteiger partial charge < -0.3 is 4.74 Å². The van der Waals surface area contributed by atoms with Gasteiger partial charge in [-0.05, 0) is 0 Å². The summed E-state index contributed by atoms with van der Waals surface area (Å²) in [5.74, 6) is 4.98. The second kappa shape index (κ2) is 9.97. The summed E-state index contributed by atoms with van der Waals surface area (Å²) in [5, 5.41) is 1.38. The minimum atomic E-state index is -0.306. The van der Waals surface area contributed by atoms with E-state index in [1.54, 1.807) is 0 Å². The Hall–Kier alpha value is -0.0300. The van der Waals surface area contributed by atoms with Crippen molar-refractivity contribution in [1.82, 2.24) is 5.01 Å². The molecule has 0 unspecified atom stereocenters. The molecule has 0 aromatic rings. The quantitative estimate of drug-likeness (QED) is 0.406. The van der Waals surface area contributed by atoms with Crippen LogP contribution < -0.4 is 5.84 Å². The molecule has 0 aliphatic rings. The Kier molecular flexibility index (Phi) is 15.6. The maximum absolute atomic E-state index is 10.4. The molecule has 0 aliphatic heterocycles. The first-order chi connectivity index (χ1) is 4.20. The number of esters is 1. The van der Waals surface area contributed by atoms with Crippen LogP contribution in [0.4, 0.5) is 0 Å². The van der Waals surface area contributed by atoms with Crippen molar-refractivity contribution in [3.63, 3.8) is 0 Å². The van der Waals surface area contributed by atoms with Crippen LogP contribution in [0.1, 0.15) is 6.92 Å². The van der Waals surface area contributed by atoms with Gasteiger partial charge in [0.2, 0.25) is 0 Å². The fraction of sp³-hybridized carbons (Fsp3) is 0.800.